The first-order chi connectivity index (χ1) is 12.2. The number of carbonyl (C=O) groups excluding carboxylic acids is 1. The van der Waals surface area contributed by atoms with Crippen molar-refractivity contribution in [2.45, 2.75) is 19.4 Å². The molecule has 1 heterocycles. The number of amides is 1. The molecule has 3 aromatic carbocycles. The summed E-state index contributed by atoms with van der Waals surface area (Å²) in [6.45, 7) is 2.09. The summed E-state index contributed by atoms with van der Waals surface area (Å²) in [7, 11) is 0. The van der Waals surface area contributed by atoms with Crippen molar-refractivity contribution in [2.75, 3.05) is 4.90 Å². The van der Waals surface area contributed by atoms with Gasteiger partial charge in [-0.3, -0.25) is 4.79 Å². The summed E-state index contributed by atoms with van der Waals surface area (Å²) in [6, 6.07) is 25.2. The van der Waals surface area contributed by atoms with Crippen LogP contribution in [0.15, 0.2) is 78.9 Å². The minimum atomic E-state index is 0.0312. The third kappa shape index (κ3) is 3.01. The zero-order chi connectivity index (χ0) is 17.2. The third-order valence-electron chi connectivity index (χ3n) is 4.51. The van der Waals surface area contributed by atoms with Gasteiger partial charge in [0.25, 0.3) is 5.91 Å². The van der Waals surface area contributed by atoms with Crippen LogP contribution in [0.5, 0.6) is 11.5 Å². The molecule has 1 amide bonds. The Morgan fingerprint density at radius 2 is 1.52 bits per heavy atom. The summed E-state index contributed by atoms with van der Waals surface area (Å²) in [5.41, 5.74) is 2.92. The van der Waals surface area contributed by atoms with E-state index in [2.05, 4.69) is 13.0 Å². The van der Waals surface area contributed by atoms with Gasteiger partial charge in [0.1, 0.15) is 11.5 Å². The molecule has 0 bridgehead atoms. The van der Waals surface area contributed by atoms with Gasteiger partial charge < -0.3 is 9.64 Å². The Morgan fingerprint density at radius 1 is 0.880 bits per heavy atom. The number of hydrogen-bond acceptors (Lipinski definition) is 2. The fourth-order valence-corrected chi connectivity index (χ4v) is 3.30. The molecule has 0 aromatic heterocycles. The normalized spacial score (nSPS) is 15.7. The van der Waals surface area contributed by atoms with Crippen LogP contribution in [0.4, 0.5) is 5.69 Å². The van der Waals surface area contributed by atoms with Crippen molar-refractivity contribution in [3.63, 3.8) is 0 Å². The van der Waals surface area contributed by atoms with Gasteiger partial charge in [-0.25, -0.2) is 0 Å². The summed E-state index contributed by atoms with van der Waals surface area (Å²) >= 11 is 0. The predicted octanol–water partition coefficient (Wildman–Crippen LogP) is 5.07. The third-order valence-corrected chi connectivity index (χ3v) is 4.51. The number of rotatable bonds is 3. The van der Waals surface area contributed by atoms with Crippen LogP contribution in [0, 0.1) is 0 Å². The highest BCUT2D eigenvalue weighted by molar-refractivity contribution is 6.07. The van der Waals surface area contributed by atoms with Gasteiger partial charge in [-0.05, 0) is 61.4 Å². The molecule has 3 aromatic rings. The average molecular weight is 329 g/mol. The van der Waals surface area contributed by atoms with Crippen LogP contribution in [0.25, 0.3) is 0 Å². The van der Waals surface area contributed by atoms with Crippen molar-refractivity contribution < 1.29 is 9.53 Å². The number of nitrogens with zero attached hydrogens (tertiary/aromatic N) is 1. The van der Waals surface area contributed by atoms with Gasteiger partial charge in [-0.15, -0.1) is 0 Å². The first-order valence-corrected chi connectivity index (χ1v) is 8.47. The molecule has 0 unspecified atom stereocenters. The summed E-state index contributed by atoms with van der Waals surface area (Å²) < 4.78 is 5.79. The lowest BCUT2D eigenvalue weighted by Gasteiger charge is -2.23. The highest BCUT2D eigenvalue weighted by atomic mass is 16.5. The number of ether oxygens (including phenoxy) is 1. The van der Waals surface area contributed by atoms with Crippen molar-refractivity contribution in [1.82, 2.24) is 0 Å². The van der Waals surface area contributed by atoms with Gasteiger partial charge in [0.15, 0.2) is 0 Å². The summed E-state index contributed by atoms with van der Waals surface area (Å²) in [4.78, 5) is 14.9. The SMILES string of the molecule is C[C@@H]1Cc2ccccc2N1C(=O)c1ccc(Oc2ccccc2)cc1. The lowest BCUT2D eigenvalue weighted by atomic mass is 10.1. The van der Waals surface area contributed by atoms with E-state index in [1.54, 1.807) is 0 Å². The molecule has 0 fully saturated rings. The van der Waals surface area contributed by atoms with Crippen molar-refractivity contribution >= 4 is 11.6 Å². The standard InChI is InChI=1S/C22H19NO2/c1-16-15-18-7-5-6-10-21(18)23(16)22(24)17-11-13-20(14-12-17)25-19-8-3-2-4-9-19/h2-14,16H,15H2,1H3/t16-/m1/s1. The number of para-hydroxylation sites is 2. The van der Waals surface area contributed by atoms with Crippen LogP contribution in [0.1, 0.15) is 22.8 Å². The minimum absolute atomic E-state index is 0.0312. The Bertz CT molecular complexity index is 887. The molecule has 0 N–H and O–H groups in total. The van der Waals surface area contributed by atoms with Crippen molar-refractivity contribution in [2.24, 2.45) is 0 Å². The zero-order valence-electron chi connectivity index (χ0n) is 14.1. The highest BCUT2D eigenvalue weighted by Crippen LogP contribution is 2.33. The lowest BCUT2D eigenvalue weighted by Crippen LogP contribution is -2.35. The smallest absolute Gasteiger partial charge is 0.258 e. The van der Waals surface area contributed by atoms with Gasteiger partial charge in [0.2, 0.25) is 0 Å². The maximum Gasteiger partial charge on any atom is 0.258 e. The van der Waals surface area contributed by atoms with Gasteiger partial charge in [-0.1, -0.05) is 36.4 Å². The fourth-order valence-electron chi connectivity index (χ4n) is 3.30. The average Bonchev–Trinajstić information content (AvgIpc) is 2.98. The molecule has 4 rings (SSSR count). The number of anilines is 1. The second-order valence-corrected chi connectivity index (χ2v) is 6.30. The Morgan fingerprint density at radius 3 is 2.28 bits per heavy atom. The van der Waals surface area contributed by atoms with E-state index in [9.17, 15) is 4.79 Å². The second-order valence-electron chi connectivity index (χ2n) is 6.30. The topological polar surface area (TPSA) is 29.5 Å². The summed E-state index contributed by atoms with van der Waals surface area (Å²) in [5.74, 6) is 1.53. The molecular weight excluding hydrogens is 310 g/mol. The largest absolute Gasteiger partial charge is 0.457 e. The number of hydrogen-bond donors (Lipinski definition) is 0. The van der Waals surface area contributed by atoms with Crippen molar-refractivity contribution in [1.29, 1.82) is 0 Å². The Hall–Kier alpha value is -3.07. The highest BCUT2D eigenvalue weighted by Gasteiger charge is 2.31. The van der Waals surface area contributed by atoms with Gasteiger partial charge in [0.05, 0.1) is 0 Å². The lowest BCUT2D eigenvalue weighted by molar-refractivity contribution is 0.0981. The van der Waals surface area contributed by atoms with Crippen LogP contribution in [0.3, 0.4) is 0 Å². The Labute approximate surface area is 147 Å². The fraction of sp³-hybridized carbons (Fsp3) is 0.136. The van der Waals surface area contributed by atoms with E-state index < -0.39 is 0 Å². The minimum Gasteiger partial charge on any atom is -0.457 e. The maximum absolute atomic E-state index is 13.0. The number of carbonyl (C=O) groups is 1. The van der Waals surface area contributed by atoms with E-state index in [1.807, 2.05) is 77.7 Å². The molecule has 0 aliphatic carbocycles. The molecule has 25 heavy (non-hydrogen) atoms. The molecule has 3 heteroatoms. The molecule has 0 spiro atoms. The molecule has 1 aliphatic heterocycles. The van der Waals surface area contributed by atoms with Crippen molar-refractivity contribution in [3.8, 4) is 11.5 Å². The van der Waals surface area contributed by atoms with Crippen LogP contribution in [-0.2, 0) is 6.42 Å². The maximum atomic E-state index is 13.0. The summed E-state index contributed by atoms with van der Waals surface area (Å²) in [6.07, 6.45) is 0.900. The Kier molecular flexibility index (Phi) is 3.98. The number of benzene rings is 3. The molecule has 0 radical (unpaired) electrons. The van der Waals surface area contributed by atoms with Gasteiger partial charge in [-0.2, -0.15) is 0 Å². The van der Waals surface area contributed by atoms with Crippen molar-refractivity contribution in [3.05, 3.63) is 90.0 Å². The quantitative estimate of drug-likeness (QED) is 0.671. The molecule has 1 atom stereocenters. The van der Waals surface area contributed by atoms with E-state index >= 15 is 0 Å². The van der Waals surface area contributed by atoms with Gasteiger partial charge in [0, 0.05) is 17.3 Å². The van der Waals surface area contributed by atoms with Crippen LogP contribution in [-0.4, -0.2) is 11.9 Å². The first-order valence-electron chi connectivity index (χ1n) is 8.47. The molecule has 1 aliphatic rings. The molecule has 124 valence electrons. The van der Waals surface area contributed by atoms with E-state index in [1.165, 1.54) is 5.56 Å². The Balaban J connectivity index is 1.55. The molecule has 3 nitrogen and oxygen atoms in total. The monoisotopic (exact) mass is 329 g/mol. The van der Waals surface area contributed by atoms with E-state index in [-0.39, 0.29) is 11.9 Å². The molecule has 0 saturated heterocycles. The molecule has 0 saturated carbocycles. The predicted molar refractivity (Wildman–Crippen MR) is 99.4 cm³/mol. The second kappa shape index (κ2) is 6.44. The van der Waals surface area contributed by atoms with Crippen LogP contribution in [0.2, 0.25) is 0 Å². The van der Waals surface area contributed by atoms with Gasteiger partial charge >= 0.3 is 0 Å². The number of fused-ring (bicyclic) bond motifs is 1. The van der Waals surface area contributed by atoms with E-state index in [0.717, 1.165) is 23.6 Å². The zero-order valence-corrected chi connectivity index (χ0v) is 14.1. The van der Waals surface area contributed by atoms with Crippen LogP contribution < -0.4 is 9.64 Å². The summed E-state index contributed by atoms with van der Waals surface area (Å²) in [5, 5.41) is 0. The first kappa shape index (κ1) is 15.5. The van der Waals surface area contributed by atoms with E-state index in [0.29, 0.717) is 5.56 Å². The van der Waals surface area contributed by atoms with E-state index in [4.69, 9.17) is 4.74 Å². The van der Waals surface area contributed by atoms with Crippen LogP contribution >= 0.6 is 0 Å². The molecular formula is C22H19NO2.